The van der Waals surface area contributed by atoms with Crippen molar-refractivity contribution in [1.82, 2.24) is 4.90 Å². The molecule has 0 unspecified atom stereocenters. The fourth-order valence-electron chi connectivity index (χ4n) is 3.51. The summed E-state index contributed by atoms with van der Waals surface area (Å²) in [7, 11) is 0. The maximum absolute atomic E-state index is 12.6. The molecule has 0 aliphatic carbocycles. The van der Waals surface area contributed by atoms with Crippen LogP contribution in [-0.4, -0.2) is 48.9 Å². The van der Waals surface area contributed by atoms with Crippen LogP contribution in [0, 0.1) is 13.8 Å². The summed E-state index contributed by atoms with van der Waals surface area (Å²) in [5.74, 6) is -0.757. The van der Waals surface area contributed by atoms with Crippen molar-refractivity contribution in [1.29, 1.82) is 0 Å². The standard InChI is InChI=1S/C21H28N4O2S/c1-13(2)24-9-11-25(12-10-24)17-7-5-16(6-8-17)20(27)23-21-18(19(22)26)14(3)15(4)28-21/h5-8,13H,9-12H2,1-4H3,(H2,22,26)(H,23,27). The summed E-state index contributed by atoms with van der Waals surface area (Å²) < 4.78 is 0. The molecule has 0 bridgehead atoms. The Balaban J connectivity index is 1.68. The minimum Gasteiger partial charge on any atom is -0.369 e. The van der Waals surface area contributed by atoms with Crippen LogP contribution in [0.1, 0.15) is 45.0 Å². The summed E-state index contributed by atoms with van der Waals surface area (Å²) in [6, 6.07) is 8.20. The van der Waals surface area contributed by atoms with Crippen LogP contribution in [0.25, 0.3) is 0 Å². The first-order chi connectivity index (χ1) is 13.3. The zero-order valence-electron chi connectivity index (χ0n) is 16.9. The number of anilines is 2. The zero-order valence-corrected chi connectivity index (χ0v) is 17.7. The Morgan fingerprint density at radius 3 is 2.21 bits per heavy atom. The molecule has 1 aromatic carbocycles. The highest BCUT2D eigenvalue weighted by molar-refractivity contribution is 7.16. The minimum absolute atomic E-state index is 0.236. The summed E-state index contributed by atoms with van der Waals surface area (Å²) in [6.45, 7) is 12.3. The molecule has 3 rings (SSSR count). The zero-order chi connectivity index (χ0) is 20.4. The van der Waals surface area contributed by atoms with Crippen LogP contribution in [0.5, 0.6) is 0 Å². The van der Waals surface area contributed by atoms with Crippen molar-refractivity contribution in [3.63, 3.8) is 0 Å². The Hall–Kier alpha value is -2.38. The van der Waals surface area contributed by atoms with Crippen LogP contribution in [0.3, 0.4) is 0 Å². The number of thiophene rings is 1. The first kappa shape index (κ1) is 20.4. The third-order valence-electron chi connectivity index (χ3n) is 5.40. The third kappa shape index (κ3) is 4.20. The number of rotatable bonds is 5. The molecule has 1 aliphatic heterocycles. The lowest BCUT2D eigenvalue weighted by Gasteiger charge is -2.38. The number of piperazine rings is 1. The van der Waals surface area contributed by atoms with Crippen LogP contribution < -0.4 is 16.0 Å². The molecule has 150 valence electrons. The number of carbonyl (C=O) groups is 2. The summed E-state index contributed by atoms with van der Waals surface area (Å²) in [6.07, 6.45) is 0. The molecule has 2 aromatic rings. The second kappa shape index (κ2) is 8.32. The molecule has 0 atom stereocenters. The predicted octanol–water partition coefficient (Wildman–Crippen LogP) is 3.25. The molecule has 28 heavy (non-hydrogen) atoms. The van der Waals surface area contributed by atoms with Gasteiger partial charge in [-0.3, -0.25) is 14.5 Å². The summed E-state index contributed by atoms with van der Waals surface area (Å²) in [4.78, 5) is 30.2. The van der Waals surface area contributed by atoms with Gasteiger partial charge >= 0.3 is 0 Å². The molecular formula is C21H28N4O2S. The highest BCUT2D eigenvalue weighted by Crippen LogP contribution is 2.32. The quantitative estimate of drug-likeness (QED) is 0.808. The molecule has 1 fully saturated rings. The number of benzene rings is 1. The molecule has 6 nitrogen and oxygen atoms in total. The molecule has 1 aromatic heterocycles. The summed E-state index contributed by atoms with van der Waals surface area (Å²) >= 11 is 1.37. The highest BCUT2D eigenvalue weighted by atomic mass is 32.1. The van der Waals surface area contributed by atoms with Gasteiger partial charge in [0, 0.05) is 48.3 Å². The Labute approximate surface area is 170 Å². The molecule has 7 heteroatoms. The van der Waals surface area contributed by atoms with E-state index in [-0.39, 0.29) is 5.91 Å². The Morgan fingerprint density at radius 1 is 1.07 bits per heavy atom. The normalized spacial score (nSPS) is 15.1. The molecule has 2 amide bonds. The van der Waals surface area contributed by atoms with Gasteiger partial charge in [0.1, 0.15) is 5.00 Å². The minimum atomic E-state index is -0.520. The SMILES string of the molecule is Cc1sc(NC(=O)c2ccc(N3CCN(C(C)C)CC3)cc2)c(C(N)=O)c1C. The van der Waals surface area contributed by atoms with E-state index in [1.54, 1.807) is 0 Å². The molecular weight excluding hydrogens is 372 g/mol. The van der Waals surface area contributed by atoms with Gasteiger partial charge in [-0.2, -0.15) is 0 Å². The van der Waals surface area contributed by atoms with E-state index in [0.717, 1.165) is 42.3 Å². The van der Waals surface area contributed by atoms with Crippen LogP contribution in [0.4, 0.5) is 10.7 Å². The van der Waals surface area contributed by atoms with Crippen molar-refractivity contribution in [2.24, 2.45) is 5.73 Å². The number of nitrogens with two attached hydrogens (primary N) is 1. The van der Waals surface area contributed by atoms with Gasteiger partial charge in [0.2, 0.25) is 0 Å². The van der Waals surface area contributed by atoms with Crippen molar-refractivity contribution >= 4 is 33.8 Å². The molecule has 2 heterocycles. The monoisotopic (exact) mass is 400 g/mol. The molecule has 1 aliphatic rings. The molecule has 0 radical (unpaired) electrons. The topological polar surface area (TPSA) is 78.7 Å². The van der Waals surface area contributed by atoms with E-state index < -0.39 is 5.91 Å². The van der Waals surface area contributed by atoms with E-state index in [1.807, 2.05) is 38.1 Å². The second-order valence-corrected chi connectivity index (χ2v) is 8.69. The van der Waals surface area contributed by atoms with Crippen LogP contribution >= 0.6 is 11.3 Å². The summed E-state index contributed by atoms with van der Waals surface area (Å²) in [5.41, 5.74) is 8.39. The number of aryl methyl sites for hydroxylation is 1. The van der Waals surface area contributed by atoms with Gasteiger partial charge in [-0.25, -0.2) is 0 Å². The van der Waals surface area contributed by atoms with E-state index in [4.69, 9.17) is 5.73 Å². The lowest BCUT2D eigenvalue weighted by atomic mass is 10.1. The Morgan fingerprint density at radius 2 is 1.68 bits per heavy atom. The lowest BCUT2D eigenvalue weighted by Crippen LogP contribution is -2.48. The average Bonchev–Trinajstić information content (AvgIpc) is 2.95. The summed E-state index contributed by atoms with van der Waals surface area (Å²) in [5, 5.41) is 3.36. The third-order valence-corrected chi connectivity index (χ3v) is 6.52. The van der Waals surface area contributed by atoms with Gasteiger partial charge in [-0.1, -0.05) is 0 Å². The highest BCUT2D eigenvalue weighted by Gasteiger charge is 2.21. The number of nitrogens with zero attached hydrogens (tertiary/aromatic N) is 2. The van der Waals surface area contributed by atoms with Gasteiger partial charge in [0.15, 0.2) is 0 Å². The van der Waals surface area contributed by atoms with Gasteiger partial charge in [0.05, 0.1) is 5.56 Å². The van der Waals surface area contributed by atoms with Crippen molar-refractivity contribution in [3.05, 3.63) is 45.8 Å². The maximum Gasteiger partial charge on any atom is 0.256 e. The lowest BCUT2D eigenvalue weighted by molar-refractivity contribution is 0.100. The van der Waals surface area contributed by atoms with E-state index >= 15 is 0 Å². The first-order valence-corrected chi connectivity index (χ1v) is 10.4. The molecule has 1 saturated heterocycles. The van der Waals surface area contributed by atoms with Crippen LogP contribution in [0.15, 0.2) is 24.3 Å². The number of amides is 2. The van der Waals surface area contributed by atoms with E-state index in [0.29, 0.717) is 22.2 Å². The van der Waals surface area contributed by atoms with Gasteiger partial charge in [-0.15, -0.1) is 11.3 Å². The maximum atomic E-state index is 12.6. The van der Waals surface area contributed by atoms with E-state index in [9.17, 15) is 9.59 Å². The van der Waals surface area contributed by atoms with Crippen molar-refractivity contribution in [3.8, 4) is 0 Å². The molecule has 0 saturated carbocycles. The predicted molar refractivity (Wildman–Crippen MR) is 116 cm³/mol. The van der Waals surface area contributed by atoms with Crippen molar-refractivity contribution in [2.45, 2.75) is 33.7 Å². The fourth-order valence-corrected chi connectivity index (χ4v) is 4.57. The first-order valence-electron chi connectivity index (χ1n) is 9.58. The number of hydrogen-bond donors (Lipinski definition) is 2. The number of carbonyl (C=O) groups excluding carboxylic acids is 2. The fraction of sp³-hybridized carbons (Fsp3) is 0.429. The second-order valence-electron chi connectivity index (χ2n) is 7.47. The number of hydrogen-bond acceptors (Lipinski definition) is 5. The largest absolute Gasteiger partial charge is 0.369 e. The Bertz CT molecular complexity index is 865. The van der Waals surface area contributed by atoms with Gasteiger partial charge in [-0.05, 0) is 57.5 Å². The van der Waals surface area contributed by atoms with E-state index in [1.165, 1.54) is 11.3 Å². The molecule has 0 spiro atoms. The van der Waals surface area contributed by atoms with Crippen molar-refractivity contribution in [2.75, 3.05) is 36.4 Å². The molecule has 3 N–H and O–H groups in total. The average molecular weight is 401 g/mol. The van der Waals surface area contributed by atoms with Gasteiger partial charge in [0.25, 0.3) is 11.8 Å². The van der Waals surface area contributed by atoms with Crippen LogP contribution in [0.2, 0.25) is 0 Å². The van der Waals surface area contributed by atoms with Gasteiger partial charge < -0.3 is 16.0 Å². The Kier molecular flexibility index (Phi) is 6.05. The van der Waals surface area contributed by atoms with Crippen LogP contribution in [-0.2, 0) is 0 Å². The number of nitrogens with one attached hydrogen (secondary N) is 1. The van der Waals surface area contributed by atoms with E-state index in [2.05, 4.69) is 29.0 Å². The number of primary amides is 1. The smallest absolute Gasteiger partial charge is 0.256 e. The van der Waals surface area contributed by atoms with Crippen molar-refractivity contribution < 1.29 is 9.59 Å².